The summed E-state index contributed by atoms with van der Waals surface area (Å²) in [5.41, 5.74) is 0. The number of hydrogen-bond donors (Lipinski definition) is 1. The maximum Gasteiger partial charge on any atom is 0.294 e. The van der Waals surface area contributed by atoms with Gasteiger partial charge >= 0.3 is 0 Å². The van der Waals surface area contributed by atoms with Crippen LogP contribution >= 0.6 is 11.8 Å². The van der Waals surface area contributed by atoms with Crippen molar-refractivity contribution in [1.82, 2.24) is 0 Å². The summed E-state index contributed by atoms with van der Waals surface area (Å²) in [4.78, 5) is 1.91. The van der Waals surface area contributed by atoms with Gasteiger partial charge in [0.25, 0.3) is 10.1 Å². The minimum atomic E-state index is -4.10. The van der Waals surface area contributed by atoms with E-state index < -0.39 is 10.1 Å². The van der Waals surface area contributed by atoms with Gasteiger partial charge in [0.1, 0.15) is 0 Å². The minimum Gasteiger partial charge on any atom is -0.282 e. The normalized spacial score (nSPS) is 11.4. The maximum absolute atomic E-state index is 10.9. The molecule has 88 valence electrons. The topological polar surface area (TPSA) is 54.4 Å². The van der Waals surface area contributed by atoms with Crippen LogP contribution in [0.3, 0.4) is 0 Å². The SMILES string of the molecule is O=S(=O)(O)c1ccc(Sc2ccccc2)cc1. The smallest absolute Gasteiger partial charge is 0.282 e. The summed E-state index contributed by atoms with van der Waals surface area (Å²) in [5, 5.41) is 0. The summed E-state index contributed by atoms with van der Waals surface area (Å²) >= 11 is 1.53. The first-order chi connectivity index (χ1) is 8.05. The molecule has 0 atom stereocenters. The third-order valence-electron chi connectivity index (χ3n) is 2.10. The Labute approximate surface area is 104 Å². The largest absolute Gasteiger partial charge is 0.294 e. The number of rotatable bonds is 3. The first kappa shape index (κ1) is 12.2. The number of benzene rings is 2. The number of hydrogen-bond acceptors (Lipinski definition) is 3. The zero-order chi connectivity index (χ0) is 12.3. The molecule has 0 amide bonds. The van der Waals surface area contributed by atoms with Gasteiger partial charge in [0.05, 0.1) is 4.90 Å². The lowest BCUT2D eigenvalue weighted by Gasteiger charge is -2.02. The van der Waals surface area contributed by atoms with Gasteiger partial charge in [0.15, 0.2) is 0 Å². The molecule has 0 unspecified atom stereocenters. The van der Waals surface area contributed by atoms with E-state index in [4.69, 9.17) is 4.55 Å². The van der Waals surface area contributed by atoms with Crippen LogP contribution in [0.1, 0.15) is 0 Å². The molecule has 17 heavy (non-hydrogen) atoms. The molecule has 0 aromatic heterocycles. The van der Waals surface area contributed by atoms with Gasteiger partial charge in [-0.3, -0.25) is 4.55 Å². The molecular formula is C12H10O3S2. The first-order valence-electron chi connectivity index (χ1n) is 4.86. The molecule has 0 aliphatic carbocycles. The Morgan fingerprint density at radius 2 is 1.35 bits per heavy atom. The van der Waals surface area contributed by atoms with Crippen molar-refractivity contribution in [2.45, 2.75) is 14.7 Å². The van der Waals surface area contributed by atoms with E-state index in [0.717, 1.165) is 9.79 Å². The van der Waals surface area contributed by atoms with Crippen molar-refractivity contribution in [3.05, 3.63) is 54.6 Å². The van der Waals surface area contributed by atoms with E-state index in [-0.39, 0.29) is 4.90 Å². The van der Waals surface area contributed by atoms with E-state index in [1.165, 1.54) is 23.9 Å². The summed E-state index contributed by atoms with van der Waals surface area (Å²) < 4.78 is 30.5. The van der Waals surface area contributed by atoms with Crippen molar-refractivity contribution in [2.75, 3.05) is 0 Å². The van der Waals surface area contributed by atoms with Gasteiger partial charge in [0.2, 0.25) is 0 Å². The van der Waals surface area contributed by atoms with Crippen molar-refractivity contribution >= 4 is 21.9 Å². The summed E-state index contributed by atoms with van der Waals surface area (Å²) in [6.45, 7) is 0. The Bertz CT molecular complexity index is 589. The molecule has 0 aliphatic rings. The van der Waals surface area contributed by atoms with Crippen LogP contribution in [0.4, 0.5) is 0 Å². The molecule has 0 saturated heterocycles. The summed E-state index contributed by atoms with van der Waals surface area (Å²) in [6, 6.07) is 15.9. The highest BCUT2D eigenvalue weighted by Gasteiger charge is 2.08. The molecule has 0 radical (unpaired) electrons. The highest BCUT2D eigenvalue weighted by molar-refractivity contribution is 7.99. The fourth-order valence-electron chi connectivity index (χ4n) is 1.30. The second kappa shape index (κ2) is 4.91. The maximum atomic E-state index is 10.9. The predicted molar refractivity (Wildman–Crippen MR) is 66.8 cm³/mol. The van der Waals surface area contributed by atoms with Gasteiger partial charge < -0.3 is 0 Å². The zero-order valence-electron chi connectivity index (χ0n) is 8.78. The lowest BCUT2D eigenvalue weighted by Crippen LogP contribution is -1.96. The Balaban J connectivity index is 2.20. The Morgan fingerprint density at radius 3 is 1.88 bits per heavy atom. The van der Waals surface area contributed by atoms with Crippen LogP contribution in [0.2, 0.25) is 0 Å². The fraction of sp³-hybridized carbons (Fsp3) is 0. The molecule has 1 N–H and O–H groups in total. The third-order valence-corrected chi connectivity index (χ3v) is 3.98. The van der Waals surface area contributed by atoms with Crippen molar-refractivity contribution in [1.29, 1.82) is 0 Å². The molecule has 0 fully saturated rings. The molecular weight excluding hydrogens is 256 g/mol. The highest BCUT2D eigenvalue weighted by Crippen LogP contribution is 2.27. The average molecular weight is 266 g/mol. The van der Waals surface area contributed by atoms with Gasteiger partial charge in [-0.2, -0.15) is 8.42 Å². The van der Waals surface area contributed by atoms with Crippen LogP contribution in [-0.4, -0.2) is 13.0 Å². The molecule has 5 heteroatoms. The van der Waals surface area contributed by atoms with Crippen molar-refractivity contribution in [3.8, 4) is 0 Å². The minimum absolute atomic E-state index is 0.0880. The van der Waals surface area contributed by atoms with Crippen LogP contribution in [-0.2, 0) is 10.1 Å². The average Bonchev–Trinajstić information content (AvgIpc) is 2.30. The van der Waals surface area contributed by atoms with Crippen LogP contribution < -0.4 is 0 Å². The van der Waals surface area contributed by atoms with Crippen molar-refractivity contribution in [3.63, 3.8) is 0 Å². The fourth-order valence-corrected chi connectivity index (χ4v) is 2.62. The summed E-state index contributed by atoms with van der Waals surface area (Å²) in [5.74, 6) is 0. The Kier molecular flexibility index (Phi) is 3.51. The summed E-state index contributed by atoms with van der Waals surface area (Å²) in [6.07, 6.45) is 0. The third kappa shape index (κ3) is 3.33. The predicted octanol–water partition coefficient (Wildman–Crippen LogP) is 3.08. The molecule has 2 aromatic rings. The molecule has 2 aromatic carbocycles. The first-order valence-corrected chi connectivity index (χ1v) is 7.12. The van der Waals surface area contributed by atoms with E-state index in [9.17, 15) is 8.42 Å². The molecule has 0 heterocycles. The van der Waals surface area contributed by atoms with Crippen LogP contribution in [0.25, 0.3) is 0 Å². The van der Waals surface area contributed by atoms with Crippen LogP contribution in [0, 0.1) is 0 Å². The molecule has 0 aliphatic heterocycles. The molecule has 2 rings (SSSR count). The van der Waals surface area contributed by atoms with Crippen LogP contribution in [0.15, 0.2) is 69.3 Å². The second-order valence-electron chi connectivity index (χ2n) is 3.36. The molecule has 0 bridgehead atoms. The lowest BCUT2D eigenvalue weighted by molar-refractivity contribution is 0.483. The highest BCUT2D eigenvalue weighted by atomic mass is 32.2. The quantitative estimate of drug-likeness (QED) is 0.867. The monoisotopic (exact) mass is 266 g/mol. The van der Waals surface area contributed by atoms with E-state index in [1.54, 1.807) is 12.1 Å². The van der Waals surface area contributed by atoms with Crippen molar-refractivity contribution in [2.24, 2.45) is 0 Å². The standard InChI is InChI=1S/C12H10O3S2/c13-17(14,15)12-8-6-11(7-9-12)16-10-4-2-1-3-5-10/h1-9H,(H,13,14,15). The molecule has 3 nitrogen and oxygen atoms in total. The summed E-state index contributed by atoms with van der Waals surface area (Å²) in [7, 11) is -4.10. The van der Waals surface area contributed by atoms with E-state index in [2.05, 4.69) is 0 Å². The second-order valence-corrected chi connectivity index (χ2v) is 5.93. The Hall–Kier alpha value is -1.30. The van der Waals surface area contributed by atoms with Gasteiger partial charge in [-0.05, 0) is 36.4 Å². The molecule has 0 saturated carbocycles. The van der Waals surface area contributed by atoms with Gasteiger partial charge in [-0.15, -0.1) is 0 Å². The lowest BCUT2D eigenvalue weighted by atomic mass is 10.4. The van der Waals surface area contributed by atoms with Gasteiger partial charge in [-0.25, -0.2) is 0 Å². The Morgan fingerprint density at radius 1 is 0.824 bits per heavy atom. The van der Waals surface area contributed by atoms with Crippen LogP contribution in [0.5, 0.6) is 0 Å². The van der Waals surface area contributed by atoms with Gasteiger partial charge in [-0.1, -0.05) is 30.0 Å². The van der Waals surface area contributed by atoms with E-state index in [1.807, 2.05) is 30.3 Å². The zero-order valence-corrected chi connectivity index (χ0v) is 10.4. The molecule has 0 spiro atoms. The van der Waals surface area contributed by atoms with E-state index >= 15 is 0 Å². The van der Waals surface area contributed by atoms with Gasteiger partial charge in [0, 0.05) is 9.79 Å². The van der Waals surface area contributed by atoms with Crippen molar-refractivity contribution < 1.29 is 13.0 Å². The van der Waals surface area contributed by atoms with E-state index in [0.29, 0.717) is 0 Å².